The third-order valence-corrected chi connectivity index (χ3v) is 2.18. The summed E-state index contributed by atoms with van der Waals surface area (Å²) in [7, 11) is 0. The van der Waals surface area contributed by atoms with E-state index in [1.807, 2.05) is 0 Å². The second-order valence-corrected chi connectivity index (χ2v) is 3.07. The maximum absolute atomic E-state index is 10.2. The van der Waals surface area contributed by atoms with Crippen molar-refractivity contribution >= 4 is 17.7 Å². The fourth-order valence-corrected chi connectivity index (χ4v) is 1.20. The van der Waals surface area contributed by atoms with Crippen LogP contribution in [0.4, 0.5) is 0 Å². The minimum absolute atomic E-state index is 0.290. The molecule has 0 aromatic rings. The van der Waals surface area contributed by atoms with Crippen LogP contribution in [-0.4, -0.2) is 22.6 Å². The van der Waals surface area contributed by atoms with E-state index in [2.05, 4.69) is 13.5 Å². The highest BCUT2D eigenvalue weighted by Crippen LogP contribution is 2.06. The van der Waals surface area contributed by atoms with Crippen LogP contribution in [0, 0.1) is 0 Å². The molecule has 10 heavy (non-hydrogen) atoms. The molecule has 0 saturated heterocycles. The van der Waals surface area contributed by atoms with Crippen LogP contribution in [0.15, 0.2) is 12.2 Å². The first-order chi connectivity index (χ1) is 4.68. The van der Waals surface area contributed by atoms with Gasteiger partial charge in [-0.1, -0.05) is 13.5 Å². The molecule has 1 N–H and O–H groups in total. The van der Waals surface area contributed by atoms with Gasteiger partial charge in [0.15, 0.2) is 0 Å². The Morgan fingerprint density at radius 1 is 1.70 bits per heavy atom. The van der Waals surface area contributed by atoms with Gasteiger partial charge >= 0.3 is 5.97 Å². The third-order valence-electron chi connectivity index (χ3n) is 0.927. The minimum Gasteiger partial charge on any atom is -0.478 e. The molecule has 0 fully saturated rings. The normalized spacial score (nSPS) is 9.30. The molecule has 0 radical (unpaired) electrons. The van der Waals surface area contributed by atoms with Crippen molar-refractivity contribution in [2.24, 2.45) is 0 Å². The van der Waals surface area contributed by atoms with Gasteiger partial charge in [0.2, 0.25) is 0 Å². The molecule has 0 rings (SSSR count). The lowest BCUT2D eigenvalue weighted by Gasteiger charge is -1.97. The predicted molar refractivity (Wildman–Crippen MR) is 44.4 cm³/mol. The largest absolute Gasteiger partial charge is 0.478 e. The smallest absolute Gasteiger partial charge is 0.331 e. The van der Waals surface area contributed by atoms with Crippen molar-refractivity contribution in [3.8, 4) is 0 Å². The van der Waals surface area contributed by atoms with Gasteiger partial charge in [-0.3, -0.25) is 0 Å². The Labute approximate surface area is 65.3 Å². The highest BCUT2D eigenvalue weighted by atomic mass is 32.2. The Morgan fingerprint density at radius 3 is 2.70 bits per heavy atom. The van der Waals surface area contributed by atoms with Gasteiger partial charge < -0.3 is 5.11 Å². The minimum atomic E-state index is -0.886. The summed E-state index contributed by atoms with van der Waals surface area (Å²) >= 11 is 1.61. The van der Waals surface area contributed by atoms with Gasteiger partial charge in [-0.05, 0) is 12.2 Å². The van der Waals surface area contributed by atoms with Gasteiger partial charge in [-0.25, -0.2) is 4.79 Å². The highest BCUT2D eigenvalue weighted by molar-refractivity contribution is 7.99. The van der Waals surface area contributed by atoms with Crippen LogP contribution in [0.5, 0.6) is 0 Å². The van der Waals surface area contributed by atoms with Crippen LogP contribution < -0.4 is 0 Å². The Hall–Kier alpha value is -0.440. The van der Waals surface area contributed by atoms with E-state index in [0.717, 1.165) is 12.2 Å². The summed E-state index contributed by atoms with van der Waals surface area (Å²) in [6.07, 6.45) is 1.08. The molecule has 0 unspecified atom stereocenters. The van der Waals surface area contributed by atoms with E-state index in [-0.39, 0.29) is 0 Å². The number of hydrogen-bond donors (Lipinski definition) is 1. The molecule has 0 heterocycles. The first-order valence-electron chi connectivity index (χ1n) is 3.17. The van der Waals surface area contributed by atoms with Crippen LogP contribution in [0.2, 0.25) is 0 Å². The molecule has 0 saturated carbocycles. The summed E-state index contributed by atoms with van der Waals surface area (Å²) in [6, 6.07) is 0. The molecule has 2 nitrogen and oxygen atoms in total. The second-order valence-electron chi connectivity index (χ2n) is 1.96. The molecular formula is C7H12O2S. The maximum Gasteiger partial charge on any atom is 0.331 e. The topological polar surface area (TPSA) is 37.3 Å². The average Bonchev–Trinajstić information content (AvgIpc) is 1.88. The number of aliphatic carboxylic acids is 1. The van der Waals surface area contributed by atoms with Gasteiger partial charge in [-0.15, -0.1) is 0 Å². The maximum atomic E-state index is 10.2. The average molecular weight is 160 g/mol. The summed E-state index contributed by atoms with van der Waals surface area (Å²) in [5.74, 6) is 0.666. The zero-order chi connectivity index (χ0) is 7.98. The molecule has 0 atom stereocenters. The highest BCUT2D eigenvalue weighted by Gasteiger charge is 2.01. The number of thioether (sulfide) groups is 1. The van der Waals surface area contributed by atoms with E-state index in [9.17, 15) is 4.79 Å². The number of carboxylic acids is 1. The van der Waals surface area contributed by atoms with Crippen LogP contribution >= 0.6 is 11.8 Å². The molecule has 0 amide bonds. The van der Waals surface area contributed by atoms with E-state index < -0.39 is 5.97 Å². The van der Waals surface area contributed by atoms with Gasteiger partial charge in [0.05, 0.1) is 0 Å². The second kappa shape index (κ2) is 5.35. The van der Waals surface area contributed by atoms with Gasteiger partial charge in [0, 0.05) is 11.3 Å². The standard InChI is InChI=1S/C7H12O2S/c1-3-4-10-5-6(2)7(8)9/h2-5H2,1H3,(H,8,9). The van der Waals surface area contributed by atoms with E-state index >= 15 is 0 Å². The van der Waals surface area contributed by atoms with Gasteiger partial charge in [-0.2, -0.15) is 11.8 Å². The van der Waals surface area contributed by atoms with Crippen molar-refractivity contribution in [3.05, 3.63) is 12.2 Å². The van der Waals surface area contributed by atoms with E-state index in [0.29, 0.717) is 11.3 Å². The molecule has 0 aromatic heterocycles. The zero-order valence-electron chi connectivity index (χ0n) is 6.09. The van der Waals surface area contributed by atoms with Crippen molar-refractivity contribution < 1.29 is 9.90 Å². The van der Waals surface area contributed by atoms with Crippen LogP contribution in [0.1, 0.15) is 13.3 Å². The first-order valence-corrected chi connectivity index (χ1v) is 4.32. The zero-order valence-corrected chi connectivity index (χ0v) is 6.91. The molecular weight excluding hydrogens is 148 g/mol. The van der Waals surface area contributed by atoms with Crippen LogP contribution in [-0.2, 0) is 4.79 Å². The number of hydrogen-bond acceptors (Lipinski definition) is 2. The van der Waals surface area contributed by atoms with E-state index in [1.165, 1.54) is 0 Å². The molecule has 58 valence electrons. The summed E-state index contributed by atoms with van der Waals surface area (Å²) in [5.41, 5.74) is 0.290. The lowest BCUT2D eigenvalue weighted by Crippen LogP contribution is -2.01. The quantitative estimate of drug-likeness (QED) is 0.492. The summed E-state index contributed by atoms with van der Waals surface area (Å²) < 4.78 is 0. The molecule has 0 bridgehead atoms. The Bertz CT molecular complexity index is 132. The Morgan fingerprint density at radius 2 is 2.30 bits per heavy atom. The van der Waals surface area contributed by atoms with Crippen LogP contribution in [0.3, 0.4) is 0 Å². The van der Waals surface area contributed by atoms with E-state index in [1.54, 1.807) is 11.8 Å². The SMILES string of the molecule is C=C(CSCCC)C(=O)O. The monoisotopic (exact) mass is 160 g/mol. The van der Waals surface area contributed by atoms with Crippen molar-refractivity contribution in [2.45, 2.75) is 13.3 Å². The van der Waals surface area contributed by atoms with Gasteiger partial charge in [0.1, 0.15) is 0 Å². The molecule has 3 heteroatoms. The lowest BCUT2D eigenvalue weighted by molar-refractivity contribution is -0.132. The van der Waals surface area contributed by atoms with Crippen molar-refractivity contribution in [1.29, 1.82) is 0 Å². The molecule has 0 aromatic carbocycles. The fraction of sp³-hybridized carbons (Fsp3) is 0.571. The lowest BCUT2D eigenvalue weighted by atomic mass is 10.4. The van der Waals surface area contributed by atoms with Crippen molar-refractivity contribution in [1.82, 2.24) is 0 Å². The van der Waals surface area contributed by atoms with E-state index in [4.69, 9.17) is 5.11 Å². The Kier molecular flexibility index (Phi) is 5.12. The number of carboxylic acid groups (broad SMARTS) is 1. The number of rotatable bonds is 5. The number of carbonyl (C=O) groups is 1. The Balaban J connectivity index is 3.31. The molecule has 0 aliphatic carbocycles. The summed E-state index contributed by atoms with van der Waals surface area (Å²) in [5, 5.41) is 8.37. The van der Waals surface area contributed by atoms with Crippen LogP contribution in [0.25, 0.3) is 0 Å². The first kappa shape index (κ1) is 9.56. The van der Waals surface area contributed by atoms with Crippen molar-refractivity contribution in [3.63, 3.8) is 0 Å². The molecule has 0 aliphatic heterocycles. The predicted octanol–water partition coefficient (Wildman–Crippen LogP) is 1.77. The fourth-order valence-electron chi connectivity index (χ4n) is 0.401. The van der Waals surface area contributed by atoms with Crippen molar-refractivity contribution in [2.75, 3.05) is 11.5 Å². The molecule has 0 aliphatic rings. The van der Waals surface area contributed by atoms with Gasteiger partial charge in [0.25, 0.3) is 0 Å². The summed E-state index contributed by atoms with van der Waals surface area (Å²) in [6.45, 7) is 5.47. The molecule has 0 spiro atoms. The third kappa shape index (κ3) is 4.44. The summed E-state index contributed by atoms with van der Waals surface area (Å²) in [4.78, 5) is 10.2.